The number of anilines is 1. The van der Waals surface area contributed by atoms with Crippen LogP contribution in [0.5, 0.6) is 0 Å². The van der Waals surface area contributed by atoms with Crippen LogP contribution in [0.2, 0.25) is 0 Å². The fourth-order valence-electron chi connectivity index (χ4n) is 2.92. The number of aryl methyl sites for hydroxylation is 2. The van der Waals surface area contributed by atoms with Crippen molar-refractivity contribution >= 4 is 27.4 Å². The Balaban J connectivity index is 1.65. The van der Waals surface area contributed by atoms with Crippen molar-refractivity contribution in [2.24, 2.45) is 0 Å². The molecule has 0 bridgehead atoms. The molecule has 0 spiro atoms. The molecule has 3 heterocycles. The number of aromatic amines is 1. The lowest BCUT2D eigenvalue weighted by atomic mass is 10.1. The minimum Gasteiger partial charge on any atom is -0.375 e. The van der Waals surface area contributed by atoms with Crippen LogP contribution in [0.3, 0.4) is 0 Å². The molecule has 0 saturated carbocycles. The smallest absolute Gasteiger partial charge is 0.258 e. The second kappa shape index (κ2) is 7.05. The van der Waals surface area contributed by atoms with Gasteiger partial charge in [-0.05, 0) is 24.5 Å². The van der Waals surface area contributed by atoms with E-state index >= 15 is 0 Å². The number of thiazole rings is 1. The fourth-order valence-corrected chi connectivity index (χ4v) is 3.47. The molecule has 0 radical (unpaired) electrons. The molecule has 0 aliphatic carbocycles. The second-order valence-electron chi connectivity index (χ2n) is 5.98. The van der Waals surface area contributed by atoms with Crippen LogP contribution in [0.4, 0.5) is 5.13 Å². The zero-order chi connectivity index (χ0) is 17.9. The molecular weight excluding hydrogens is 346 g/mol. The number of pyridine rings is 1. The van der Waals surface area contributed by atoms with E-state index in [1.807, 2.05) is 23.6 Å². The van der Waals surface area contributed by atoms with Crippen molar-refractivity contribution < 1.29 is 0 Å². The summed E-state index contributed by atoms with van der Waals surface area (Å²) in [5, 5.41) is 2.80. The number of nitrogen functional groups attached to an aromatic ring is 1. The number of nitrogens with zero attached hydrogens (tertiary/aromatic N) is 3. The van der Waals surface area contributed by atoms with Crippen LogP contribution < -0.4 is 11.3 Å². The highest BCUT2D eigenvalue weighted by Gasteiger charge is 2.13. The van der Waals surface area contributed by atoms with Crippen LogP contribution in [-0.2, 0) is 12.8 Å². The van der Waals surface area contributed by atoms with Crippen LogP contribution in [0.15, 0.2) is 52.8 Å². The van der Waals surface area contributed by atoms with Crippen molar-refractivity contribution in [1.29, 1.82) is 0 Å². The van der Waals surface area contributed by atoms with Gasteiger partial charge in [0.05, 0.1) is 5.39 Å². The van der Waals surface area contributed by atoms with Gasteiger partial charge in [0.15, 0.2) is 5.13 Å². The van der Waals surface area contributed by atoms with Gasteiger partial charge in [-0.15, -0.1) is 11.3 Å². The molecule has 0 atom stereocenters. The first-order valence-corrected chi connectivity index (χ1v) is 9.22. The zero-order valence-electron chi connectivity index (χ0n) is 14.0. The number of fused-ring (bicyclic) bond motifs is 1. The van der Waals surface area contributed by atoms with E-state index in [1.165, 1.54) is 16.9 Å². The van der Waals surface area contributed by atoms with Gasteiger partial charge in [0.25, 0.3) is 5.56 Å². The summed E-state index contributed by atoms with van der Waals surface area (Å²) >= 11 is 1.34. The Kier molecular flexibility index (Phi) is 4.45. The molecule has 6 nitrogen and oxygen atoms in total. The molecule has 130 valence electrons. The third-order valence-corrected chi connectivity index (χ3v) is 4.83. The molecule has 4 aromatic rings. The fraction of sp³-hybridized carbons (Fsp3) is 0.158. The van der Waals surface area contributed by atoms with Gasteiger partial charge in [0.1, 0.15) is 22.7 Å². The highest BCUT2D eigenvalue weighted by Crippen LogP contribution is 2.25. The number of H-pyrrole nitrogens is 1. The third-order valence-electron chi connectivity index (χ3n) is 4.16. The van der Waals surface area contributed by atoms with Gasteiger partial charge in [-0.3, -0.25) is 9.78 Å². The molecule has 7 heteroatoms. The van der Waals surface area contributed by atoms with Crippen molar-refractivity contribution in [2.75, 3.05) is 5.73 Å². The van der Waals surface area contributed by atoms with Gasteiger partial charge in [-0.1, -0.05) is 30.3 Å². The third kappa shape index (κ3) is 3.34. The molecule has 3 aromatic heterocycles. The summed E-state index contributed by atoms with van der Waals surface area (Å²) in [4.78, 5) is 28.6. The Hall–Kier alpha value is -3.06. The average Bonchev–Trinajstić information content (AvgIpc) is 3.08. The lowest BCUT2D eigenvalue weighted by molar-refractivity contribution is 0.772. The van der Waals surface area contributed by atoms with Crippen molar-refractivity contribution in [3.05, 3.63) is 69.7 Å². The van der Waals surface area contributed by atoms with Gasteiger partial charge in [-0.2, -0.15) is 0 Å². The molecule has 0 amide bonds. The Morgan fingerprint density at radius 2 is 1.92 bits per heavy atom. The van der Waals surface area contributed by atoms with Crippen molar-refractivity contribution in [1.82, 2.24) is 19.9 Å². The van der Waals surface area contributed by atoms with Gasteiger partial charge in [-0.25, -0.2) is 9.97 Å². The lowest BCUT2D eigenvalue weighted by Gasteiger charge is -2.06. The minimum absolute atomic E-state index is 0.156. The van der Waals surface area contributed by atoms with Gasteiger partial charge >= 0.3 is 0 Å². The Morgan fingerprint density at radius 3 is 2.69 bits per heavy atom. The van der Waals surface area contributed by atoms with Gasteiger partial charge in [0, 0.05) is 18.0 Å². The summed E-state index contributed by atoms with van der Waals surface area (Å²) in [5.74, 6) is 0.663. The molecule has 0 aliphatic heterocycles. The van der Waals surface area contributed by atoms with Crippen LogP contribution in [-0.4, -0.2) is 19.9 Å². The Morgan fingerprint density at radius 1 is 1.08 bits per heavy atom. The van der Waals surface area contributed by atoms with E-state index in [0.29, 0.717) is 39.7 Å². The number of benzene rings is 1. The van der Waals surface area contributed by atoms with Gasteiger partial charge in [0.2, 0.25) is 0 Å². The maximum Gasteiger partial charge on any atom is 0.258 e. The van der Waals surface area contributed by atoms with Crippen LogP contribution >= 0.6 is 11.3 Å². The first kappa shape index (κ1) is 16.4. The summed E-state index contributed by atoms with van der Waals surface area (Å²) in [6, 6.07) is 11.9. The maximum atomic E-state index is 12.5. The van der Waals surface area contributed by atoms with E-state index in [4.69, 9.17) is 5.73 Å². The summed E-state index contributed by atoms with van der Waals surface area (Å²) < 4.78 is 0. The average molecular weight is 363 g/mol. The first-order valence-electron chi connectivity index (χ1n) is 8.34. The summed E-state index contributed by atoms with van der Waals surface area (Å²) in [6.45, 7) is 0. The van der Waals surface area contributed by atoms with E-state index in [2.05, 4.69) is 32.1 Å². The first-order chi connectivity index (χ1) is 12.7. The van der Waals surface area contributed by atoms with E-state index in [9.17, 15) is 4.79 Å². The van der Waals surface area contributed by atoms with Crippen LogP contribution in [0.25, 0.3) is 22.3 Å². The van der Waals surface area contributed by atoms with Crippen molar-refractivity contribution in [3.8, 4) is 11.4 Å². The normalized spacial score (nSPS) is 11.1. The minimum atomic E-state index is -0.156. The highest BCUT2D eigenvalue weighted by molar-refractivity contribution is 7.13. The molecule has 1 aromatic carbocycles. The standard InChI is InChI=1S/C19H17N5OS/c20-19-22-14(11-26-19)17-16-13(9-10-21-17)18(25)24-15(23-16)8-4-7-12-5-2-1-3-6-12/h1-3,5-6,9-11H,4,7-8H2,(H2,20,22)(H,23,24,25). The quantitative estimate of drug-likeness (QED) is 0.567. The molecule has 26 heavy (non-hydrogen) atoms. The number of nitrogens with one attached hydrogen (secondary N) is 1. The molecule has 4 rings (SSSR count). The highest BCUT2D eigenvalue weighted by atomic mass is 32.1. The Bertz CT molecular complexity index is 1100. The second-order valence-corrected chi connectivity index (χ2v) is 6.87. The van der Waals surface area contributed by atoms with E-state index in [0.717, 1.165) is 12.8 Å². The Labute approximate surface area is 153 Å². The number of rotatable bonds is 5. The monoisotopic (exact) mass is 363 g/mol. The largest absolute Gasteiger partial charge is 0.375 e. The SMILES string of the molecule is Nc1nc(-c2nccc3c(=O)[nH]c(CCCc4ccccc4)nc23)cs1. The number of nitrogens with two attached hydrogens (primary N) is 1. The molecule has 0 unspecified atom stereocenters. The van der Waals surface area contributed by atoms with Crippen LogP contribution in [0.1, 0.15) is 17.8 Å². The maximum absolute atomic E-state index is 12.5. The van der Waals surface area contributed by atoms with Crippen molar-refractivity contribution in [2.45, 2.75) is 19.3 Å². The molecule has 0 aliphatic rings. The molecule has 0 saturated heterocycles. The molecule has 0 fully saturated rings. The van der Waals surface area contributed by atoms with Crippen LogP contribution in [0, 0.1) is 0 Å². The predicted molar refractivity (Wildman–Crippen MR) is 104 cm³/mol. The van der Waals surface area contributed by atoms with Crippen molar-refractivity contribution in [3.63, 3.8) is 0 Å². The molecular formula is C19H17N5OS. The predicted octanol–water partition coefficient (Wildman–Crippen LogP) is 3.20. The summed E-state index contributed by atoms with van der Waals surface area (Å²) in [7, 11) is 0. The summed E-state index contributed by atoms with van der Waals surface area (Å²) in [6.07, 6.45) is 4.12. The zero-order valence-corrected chi connectivity index (χ0v) is 14.8. The van der Waals surface area contributed by atoms with E-state index < -0.39 is 0 Å². The number of hydrogen-bond donors (Lipinski definition) is 2. The van der Waals surface area contributed by atoms with E-state index in [-0.39, 0.29) is 5.56 Å². The summed E-state index contributed by atoms with van der Waals surface area (Å²) in [5.41, 5.74) is 8.65. The number of hydrogen-bond acceptors (Lipinski definition) is 6. The lowest BCUT2D eigenvalue weighted by Crippen LogP contribution is -2.13. The molecule has 3 N–H and O–H groups in total. The number of aromatic nitrogens is 4. The van der Waals surface area contributed by atoms with E-state index in [1.54, 1.807) is 12.3 Å². The van der Waals surface area contributed by atoms with Gasteiger partial charge < -0.3 is 10.7 Å². The topological polar surface area (TPSA) is 97.5 Å².